The second-order valence-corrected chi connectivity index (χ2v) is 4.57. The lowest BCUT2D eigenvalue weighted by Crippen LogP contribution is -2.36. The average Bonchev–Trinajstić information content (AvgIpc) is 2.48. The third-order valence-electron chi connectivity index (χ3n) is 2.86. The fourth-order valence-corrected chi connectivity index (χ4v) is 2.10. The van der Waals surface area contributed by atoms with Crippen LogP contribution in [0.5, 0.6) is 0 Å². The predicted molar refractivity (Wildman–Crippen MR) is 56.1 cm³/mol. The van der Waals surface area contributed by atoms with Crippen molar-refractivity contribution in [2.75, 3.05) is 13.6 Å². The van der Waals surface area contributed by atoms with Crippen molar-refractivity contribution in [3.05, 3.63) is 11.9 Å². The van der Waals surface area contributed by atoms with Crippen LogP contribution in [-0.4, -0.2) is 44.7 Å². The Morgan fingerprint density at radius 3 is 2.87 bits per heavy atom. The van der Waals surface area contributed by atoms with Crippen LogP contribution in [0.2, 0.25) is 0 Å². The van der Waals surface area contributed by atoms with E-state index in [4.69, 9.17) is 0 Å². The molecular weight excluding hydrogens is 192 g/mol. The van der Waals surface area contributed by atoms with E-state index in [2.05, 4.69) is 22.3 Å². The van der Waals surface area contributed by atoms with Crippen LogP contribution < -0.4 is 0 Å². The summed E-state index contributed by atoms with van der Waals surface area (Å²) in [6.45, 7) is 1.87. The molecule has 1 aliphatic carbocycles. The van der Waals surface area contributed by atoms with Gasteiger partial charge >= 0.3 is 0 Å². The van der Waals surface area contributed by atoms with Crippen LogP contribution >= 0.6 is 0 Å². The molecule has 1 N–H and O–H groups in total. The molecule has 5 heteroatoms. The van der Waals surface area contributed by atoms with Crippen LogP contribution in [-0.2, 0) is 13.6 Å². The molecule has 1 saturated carbocycles. The van der Waals surface area contributed by atoms with Gasteiger partial charge in [0.2, 0.25) is 0 Å². The van der Waals surface area contributed by atoms with Crippen molar-refractivity contribution in [3.8, 4) is 0 Å². The summed E-state index contributed by atoms with van der Waals surface area (Å²) in [6.07, 6.45) is 3.78. The molecule has 15 heavy (non-hydrogen) atoms. The summed E-state index contributed by atoms with van der Waals surface area (Å²) < 4.78 is 1.72. The molecule has 1 heterocycles. The van der Waals surface area contributed by atoms with Crippen molar-refractivity contribution >= 4 is 0 Å². The van der Waals surface area contributed by atoms with Gasteiger partial charge in [-0.1, -0.05) is 5.21 Å². The highest BCUT2D eigenvalue weighted by molar-refractivity contribution is 4.92. The summed E-state index contributed by atoms with van der Waals surface area (Å²) >= 11 is 0. The molecule has 1 aliphatic rings. The third kappa shape index (κ3) is 2.76. The Balaban J connectivity index is 1.75. The van der Waals surface area contributed by atoms with Gasteiger partial charge in [0, 0.05) is 26.3 Å². The fourth-order valence-electron chi connectivity index (χ4n) is 2.10. The third-order valence-corrected chi connectivity index (χ3v) is 2.86. The van der Waals surface area contributed by atoms with Crippen molar-refractivity contribution in [1.82, 2.24) is 19.9 Å². The zero-order valence-corrected chi connectivity index (χ0v) is 9.30. The first-order chi connectivity index (χ1) is 7.13. The number of nitrogens with zero attached hydrogens (tertiary/aromatic N) is 4. The van der Waals surface area contributed by atoms with Crippen molar-refractivity contribution in [2.24, 2.45) is 13.0 Å². The molecule has 0 radical (unpaired) electrons. The monoisotopic (exact) mass is 210 g/mol. The van der Waals surface area contributed by atoms with Crippen molar-refractivity contribution < 1.29 is 5.11 Å². The maximum Gasteiger partial charge on any atom is 0.0966 e. The lowest BCUT2D eigenvalue weighted by atomic mass is 9.82. The van der Waals surface area contributed by atoms with Gasteiger partial charge in [0.25, 0.3) is 0 Å². The minimum Gasteiger partial charge on any atom is -0.393 e. The smallest absolute Gasteiger partial charge is 0.0966 e. The largest absolute Gasteiger partial charge is 0.393 e. The normalized spacial score (nSPS) is 25.6. The van der Waals surface area contributed by atoms with E-state index in [1.54, 1.807) is 4.68 Å². The molecular formula is C10H18N4O. The molecule has 0 atom stereocenters. The highest BCUT2D eigenvalue weighted by Gasteiger charge is 2.27. The van der Waals surface area contributed by atoms with Gasteiger partial charge in [-0.05, 0) is 25.8 Å². The molecule has 0 saturated heterocycles. The van der Waals surface area contributed by atoms with E-state index in [1.165, 1.54) is 0 Å². The average molecular weight is 210 g/mol. The van der Waals surface area contributed by atoms with Crippen LogP contribution in [0.3, 0.4) is 0 Å². The van der Waals surface area contributed by atoms with Gasteiger partial charge in [0.15, 0.2) is 0 Å². The van der Waals surface area contributed by atoms with Crippen LogP contribution in [0.25, 0.3) is 0 Å². The Morgan fingerprint density at radius 1 is 1.60 bits per heavy atom. The lowest BCUT2D eigenvalue weighted by molar-refractivity contribution is 0.0272. The van der Waals surface area contributed by atoms with Gasteiger partial charge in [-0.15, -0.1) is 5.10 Å². The van der Waals surface area contributed by atoms with Gasteiger partial charge in [0.05, 0.1) is 11.8 Å². The summed E-state index contributed by atoms with van der Waals surface area (Å²) in [5.41, 5.74) is 1.000. The number of hydrogen-bond acceptors (Lipinski definition) is 4. The zero-order chi connectivity index (χ0) is 10.8. The number of aromatic nitrogens is 3. The molecule has 5 nitrogen and oxygen atoms in total. The molecule has 1 aromatic rings. The Hall–Kier alpha value is -0.940. The predicted octanol–water partition coefficient (Wildman–Crippen LogP) is 0.0178. The minimum atomic E-state index is -0.0556. The van der Waals surface area contributed by atoms with E-state index in [0.717, 1.165) is 31.6 Å². The summed E-state index contributed by atoms with van der Waals surface area (Å²) in [5, 5.41) is 17.1. The first kappa shape index (κ1) is 10.6. The Bertz CT molecular complexity index is 319. The topological polar surface area (TPSA) is 54.2 Å². The van der Waals surface area contributed by atoms with Crippen molar-refractivity contribution in [1.29, 1.82) is 0 Å². The Morgan fingerprint density at radius 2 is 2.33 bits per heavy atom. The molecule has 0 bridgehead atoms. The van der Waals surface area contributed by atoms with Gasteiger partial charge in [0.1, 0.15) is 0 Å². The number of rotatable bonds is 4. The number of aliphatic hydroxyl groups excluding tert-OH is 1. The first-order valence-corrected chi connectivity index (χ1v) is 5.35. The summed E-state index contributed by atoms with van der Waals surface area (Å²) in [4.78, 5) is 2.24. The van der Waals surface area contributed by atoms with Gasteiger partial charge in [-0.3, -0.25) is 4.68 Å². The summed E-state index contributed by atoms with van der Waals surface area (Å²) in [5.74, 6) is 0.654. The van der Waals surface area contributed by atoms with Gasteiger partial charge in [-0.2, -0.15) is 0 Å². The van der Waals surface area contributed by atoms with Crippen LogP contribution in [0.1, 0.15) is 18.5 Å². The maximum absolute atomic E-state index is 9.18. The first-order valence-electron chi connectivity index (χ1n) is 5.35. The highest BCUT2D eigenvalue weighted by atomic mass is 16.3. The summed E-state index contributed by atoms with van der Waals surface area (Å²) in [6, 6.07) is 0. The number of aryl methyl sites for hydroxylation is 1. The molecule has 0 aliphatic heterocycles. The SMILES string of the molecule is CN(Cc1cn(C)nn1)CC1CC(O)C1. The molecule has 0 amide bonds. The molecule has 1 aromatic heterocycles. The second-order valence-electron chi connectivity index (χ2n) is 4.57. The molecule has 0 aromatic carbocycles. The number of aliphatic hydroxyl groups is 1. The van der Waals surface area contributed by atoms with E-state index in [9.17, 15) is 5.11 Å². The van der Waals surface area contributed by atoms with Crippen LogP contribution in [0.4, 0.5) is 0 Å². The fraction of sp³-hybridized carbons (Fsp3) is 0.800. The van der Waals surface area contributed by atoms with Crippen LogP contribution in [0, 0.1) is 5.92 Å². The van der Waals surface area contributed by atoms with E-state index in [0.29, 0.717) is 5.92 Å². The number of hydrogen-bond donors (Lipinski definition) is 1. The Kier molecular flexibility index (Phi) is 3.02. The molecule has 84 valence electrons. The van der Waals surface area contributed by atoms with Gasteiger partial charge < -0.3 is 10.0 Å². The standard InChI is InChI=1S/C10H18N4O/c1-13(5-8-3-10(15)4-8)6-9-7-14(2)12-11-9/h7-8,10,15H,3-6H2,1-2H3. The molecule has 0 unspecified atom stereocenters. The maximum atomic E-state index is 9.18. The zero-order valence-electron chi connectivity index (χ0n) is 9.30. The molecule has 0 spiro atoms. The molecule has 1 fully saturated rings. The quantitative estimate of drug-likeness (QED) is 0.761. The Labute approximate surface area is 89.7 Å². The van der Waals surface area contributed by atoms with Crippen molar-refractivity contribution in [2.45, 2.75) is 25.5 Å². The van der Waals surface area contributed by atoms with E-state index >= 15 is 0 Å². The summed E-state index contributed by atoms with van der Waals surface area (Å²) in [7, 11) is 3.96. The van der Waals surface area contributed by atoms with E-state index in [-0.39, 0.29) is 6.10 Å². The van der Waals surface area contributed by atoms with E-state index < -0.39 is 0 Å². The van der Waals surface area contributed by atoms with Crippen molar-refractivity contribution in [3.63, 3.8) is 0 Å². The van der Waals surface area contributed by atoms with Gasteiger partial charge in [-0.25, -0.2) is 0 Å². The lowest BCUT2D eigenvalue weighted by Gasteiger charge is -2.34. The molecule has 2 rings (SSSR count). The van der Waals surface area contributed by atoms with Crippen LogP contribution in [0.15, 0.2) is 6.20 Å². The minimum absolute atomic E-state index is 0.0556. The second kappa shape index (κ2) is 4.28. The van der Waals surface area contributed by atoms with E-state index in [1.807, 2.05) is 13.2 Å². The highest BCUT2D eigenvalue weighted by Crippen LogP contribution is 2.27.